The Balaban J connectivity index is 1.70. The lowest BCUT2D eigenvalue weighted by Crippen LogP contribution is -2.28. The third-order valence-corrected chi connectivity index (χ3v) is 3.93. The van der Waals surface area contributed by atoms with Gasteiger partial charge in [0.1, 0.15) is 5.82 Å². The molecule has 1 heterocycles. The van der Waals surface area contributed by atoms with E-state index in [2.05, 4.69) is 15.6 Å². The number of hydrogen-bond donors (Lipinski definition) is 2. The normalized spacial score (nSPS) is 11.9. The van der Waals surface area contributed by atoms with Crippen molar-refractivity contribution in [1.29, 1.82) is 0 Å². The second-order valence-corrected chi connectivity index (χ2v) is 5.73. The summed E-state index contributed by atoms with van der Waals surface area (Å²) in [5.41, 5.74) is 7.68. The highest BCUT2D eigenvalue weighted by Gasteiger charge is 2.19. The molecule has 0 spiro atoms. The molecule has 3 rings (SSSR count). The van der Waals surface area contributed by atoms with Crippen molar-refractivity contribution in [1.82, 2.24) is 20.3 Å². The first-order valence-electron chi connectivity index (χ1n) is 7.86. The van der Waals surface area contributed by atoms with Gasteiger partial charge in [0.2, 0.25) is 0 Å². The third kappa shape index (κ3) is 3.65. The van der Waals surface area contributed by atoms with Gasteiger partial charge in [-0.2, -0.15) is 4.68 Å². The van der Waals surface area contributed by atoms with Gasteiger partial charge in [0, 0.05) is 6.54 Å². The van der Waals surface area contributed by atoms with Crippen molar-refractivity contribution in [3.8, 4) is 5.69 Å². The van der Waals surface area contributed by atoms with Crippen LogP contribution in [-0.2, 0) is 0 Å². The summed E-state index contributed by atoms with van der Waals surface area (Å²) < 4.78 is 14.3. The minimum atomic E-state index is -0.395. The maximum Gasteiger partial charge on any atom is 0.275 e. The number of carbonyl (C=O) groups excluding carboxylic acids is 1. The number of anilines is 1. The van der Waals surface area contributed by atoms with Gasteiger partial charge in [-0.3, -0.25) is 4.79 Å². The monoisotopic (exact) mass is 339 g/mol. The molecule has 3 aromatic rings. The summed E-state index contributed by atoms with van der Waals surface area (Å²) in [4.78, 5) is 12.3. The van der Waals surface area contributed by atoms with Crippen LogP contribution in [0.5, 0.6) is 0 Å². The van der Waals surface area contributed by atoms with Crippen molar-refractivity contribution in [2.45, 2.75) is 12.8 Å². The fourth-order valence-electron chi connectivity index (χ4n) is 2.45. The Hall–Kier alpha value is -3.22. The topological polar surface area (TPSA) is 85.8 Å². The highest BCUT2D eigenvalue weighted by molar-refractivity contribution is 5.96. The second kappa shape index (κ2) is 7.12. The Morgan fingerprint density at radius 2 is 1.88 bits per heavy atom. The maximum atomic E-state index is 13.0. The average molecular weight is 339 g/mol. The number of nitrogens with one attached hydrogen (secondary N) is 1. The standard InChI is InChI=1S/C18H18FN5O/c1-12(13-5-3-2-4-6-13)11-21-18(25)16-17(20)24(23-22-16)15-9-7-14(19)8-10-15/h2-10,12H,11,20H2,1H3,(H,21,25). The highest BCUT2D eigenvalue weighted by Crippen LogP contribution is 2.16. The number of aromatic nitrogens is 3. The fourth-order valence-corrected chi connectivity index (χ4v) is 2.45. The van der Waals surface area contributed by atoms with E-state index in [1.54, 1.807) is 0 Å². The van der Waals surface area contributed by atoms with Gasteiger partial charge in [-0.1, -0.05) is 42.5 Å². The van der Waals surface area contributed by atoms with E-state index in [9.17, 15) is 9.18 Å². The highest BCUT2D eigenvalue weighted by atomic mass is 19.1. The zero-order valence-corrected chi connectivity index (χ0v) is 13.7. The number of nitrogens with two attached hydrogens (primary N) is 1. The van der Waals surface area contributed by atoms with E-state index in [0.717, 1.165) is 5.56 Å². The molecule has 1 amide bonds. The molecule has 3 N–H and O–H groups in total. The zero-order valence-electron chi connectivity index (χ0n) is 13.7. The van der Waals surface area contributed by atoms with E-state index in [4.69, 9.17) is 5.73 Å². The van der Waals surface area contributed by atoms with Crippen molar-refractivity contribution in [2.24, 2.45) is 0 Å². The number of carbonyl (C=O) groups is 1. The summed E-state index contributed by atoms with van der Waals surface area (Å²) in [5.74, 6) is -0.501. The molecule has 1 unspecified atom stereocenters. The van der Waals surface area contributed by atoms with Gasteiger partial charge >= 0.3 is 0 Å². The number of amides is 1. The number of nitrogen functional groups attached to an aromatic ring is 1. The van der Waals surface area contributed by atoms with E-state index in [1.165, 1.54) is 28.9 Å². The Morgan fingerprint density at radius 1 is 1.20 bits per heavy atom. The molecule has 0 aliphatic rings. The van der Waals surface area contributed by atoms with Crippen LogP contribution in [0.2, 0.25) is 0 Å². The molecule has 0 bridgehead atoms. The van der Waals surface area contributed by atoms with Gasteiger partial charge < -0.3 is 11.1 Å². The lowest BCUT2D eigenvalue weighted by Gasteiger charge is -2.12. The summed E-state index contributed by atoms with van der Waals surface area (Å²) in [6.07, 6.45) is 0. The number of benzene rings is 2. The summed E-state index contributed by atoms with van der Waals surface area (Å²) in [7, 11) is 0. The van der Waals surface area contributed by atoms with Crippen LogP contribution < -0.4 is 11.1 Å². The van der Waals surface area contributed by atoms with Gasteiger partial charge in [-0.25, -0.2) is 4.39 Å². The van der Waals surface area contributed by atoms with Gasteiger partial charge in [0.15, 0.2) is 11.5 Å². The molecule has 0 fully saturated rings. The van der Waals surface area contributed by atoms with Gasteiger partial charge in [-0.05, 0) is 35.7 Å². The number of nitrogens with zero attached hydrogens (tertiary/aromatic N) is 3. The zero-order chi connectivity index (χ0) is 17.8. The molecule has 0 saturated carbocycles. The molecular weight excluding hydrogens is 321 g/mol. The van der Waals surface area contributed by atoms with Crippen LogP contribution >= 0.6 is 0 Å². The van der Waals surface area contributed by atoms with Crippen LogP contribution in [0.4, 0.5) is 10.2 Å². The van der Waals surface area contributed by atoms with Crippen LogP contribution in [0.3, 0.4) is 0 Å². The van der Waals surface area contributed by atoms with E-state index in [0.29, 0.717) is 12.2 Å². The smallest absolute Gasteiger partial charge is 0.275 e. The lowest BCUT2D eigenvalue weighted by molar-refractivity contribution is 0.0947. The maximum absolute atomic E-state index is 13.0. The predicted molar refractivity (Wildman–Crippen MR) is 92.9 cm³/mol. The Labute approximate surface area is 144 Å². The van der Waals surface area contributed by atoms with Crippen molar-refractivity contribution < 1.29 is 9.18 Å². The van der Waals surface area contributed by atoms with Crippen LogP contribution in [0, 0.1) is 5.82 Å². The molecule has 6 nitrogen and oxygen atoms in total. The molecule has 0 aliphatic heterocycles. The first-order valence-corrected chi connectivity index (χ1v) is 7.86. The molecule has 25 heavy (non-hydrogen) atoms. The molecule has 0 aliphatic carbocycles. The molecule has 0 radical (unpaired) electrons. The molecule has 1 atom stereocenters. The van der Waals surface area contributed by atoms with Crippen LogP contribution in [0.1, 0.15) is 28.9 Å². The summed E-state index contributed by atoms with van der Waals surface area (Å²) >= 11 is 0. The summed E-state index contributed by atoms with van der Waals surface area (Å²) in [5, 5.41) is 10.5. The Kier molecular flexibility index (Phi) is 4.74. The van der Waals surface area contributed by atoms with E-state index < -0.39 is 5.91 Å². The quantitative estimate of drug-likeness (QED) is 0.748. The Bertz CT molecular complexity index is 861. The SMILES string of the molecule is CC(CNC(=O)c1nnn(-c2ccc(F)cc2)c1N)c1ccccc1. The van der Waals surface area contributed by atoms with Gasteiger partial charge in [0.25, 0.3) is 5.91 Å². The Morgan fingerprint density at radius 3 is 2.56 bits per heavy atom. The second-order valence-electron chi connectivity index (χ2n) is 5.73. The minimum Gasteiger partial charge on any atom is -0.382 e. The fraction of sp³-hybridized carbons (Fsp3) is 0.167. The first-order chi connectivity index (χ1) is 12.1. The number of halogens is 1. The van der Waals surface area contributed by atoms with Gasteiger partial charge in [-0.15, -0.1) is 5.10 Å². The third-order valence-electron chi connectivity index (χ3n) is 3.93. The van der Waals surface area contributed by atoms with Crippen LogP contribution in [-0.4, -0.2) is 27.4 Å². The van der Waals surface area contributed by atoms with Crippen molar-refractivity contribution in [2.75, 3.05) is 12.3 Å². The largest absolute Gasteiger partial charge is 0.382 e. The molecule has 1 aromatic heterocycles. The molecular formula is C18H18FN5O. The van der Waals surface area contributed by atoms with E-state index >= 15 is 0 Å². The van der Waals surface area contributed by atoms with Crippen molar-refractivity contribution in [3.05, 3.63) is 71.7 Å². The first kappa shape index (κ1) is 16.6. The van der Waals surface area contributed by atoms with Gasteiger partial charge in [0.05, 0.1) is 5.69 Å². The van der Waals surface area contributed by atoms with Crippen LogP contribution in [0.15, 0.2) is 54.6 Å². The van der Waals surface area contributed by atoms with E-state index in [-0.39, 0.29) is 23.2 Å². The van der Waals surface area contributed by atoms with Crippen LogP contribution in [0.25, 0.3) is 5.69 Å². The molecule has 0 saturated heterocycles. The minimum absolute atomic E-state index is 0.0459. The lowest BCUT2D eigenvalue weighted by atomic mass is 10.0. The number of rotatable bonds is 5. The number of hydrogen-bond acceptors (Lipinski definition) is 4. The molecule has 2 aromatic carbocycles. The van der Waals surface area contributed by atoms with E-state index in [1.807, 2.05) is 37.3 Å². The summed E-state index contributed by atoms with van der Waals surface area (Å²) in [6.45, 7) is 2.47. The van der Waals surface area contributed by atoms with Crippen molar-refractivity contribution in [3.63, 3.8) is 0 Å². The molecule has 128 valence electrons. The average Bonchev–Trinajstić information content (AvgIpc) is 3.02. The summed E-state index contributed by atoms with van der Waals surface area (Å²) in [6, 6.07) is 15.5. The predicted octanol–water partition coefficient (Wildman–Crippen LogP) is 2.52. The molecule has 7 heteroatoms. The van der Waals surface area contributed by atoms with Crippen molar-refractivity contribution >= 4 is 11.7 Å².